The van der Waals surface area contributed by atoms with E-state index in [9.17, 15) is 5.21 Å². The maximum Gasteiger partial charge on any atom is 0.0384 e. The van der Waals surface area contributed by atoms with E-state index in [1.165, 1.54) is 64.2 Å². The van der Waals surface area contributed by atoms with E-state index in [-0.39, 0.29) is 6.04 Å². The quantitative estimate of drug-likeness (QED) is 0.420. The van der Waals surface area contributed by atoms with Crippen LogP contribution in [0.4, 0.5) is 0 Å². The Balaban J connectivity index is 2.51. The van der Waals surface area contributed by atoms with Gasteiger partial charge in [-0.15, -0.1) is 0 Å². The zero-order valence-corrected chi connectivity index (χ0v) is 13.0. The Bertz CT molecular complexity index is 242. The van der Waals surface area contributed by atoms with E-state index >= 15 is 0 Å². The standard InChI is InChI=1S/C17H33NO/c1-3-5-12-16(13-6-4-2)17(18-19)14-15-10-8-7-9-11-15/h10,16-19H,3-9,11-14H2,1-2H3. The van der Waals surface area contributed by atoms with Crippen LogP contribution in [0.1, 0.15) is 84.5 Å². The molecule has 0 saturated heterocycles. The molecule has 1 rings (SSSR count). The van der Waals surface area contributed by atoms with Gasteiger partial charge in [-0.1, -0.05) is 51.2 Å². The first-order valence-electron chi connectivity index (χ1n) is 8.39. The largest absolute Gasteiger partial charge is 0.317 e. The van der Waals surface area contributed by atoms with E-state index in [4.69, 9.17) is 0 Å². The number of hydroxylamine groups is 1. The zero-order chi connectivity index (χ0) is 13.9. The van der Waals surface area contributed by atoms with Crippen molar-refractivity contribution in [1.82, 2.24) is 5.48 Å². The highest BCUT2D eigenvalue weighted by Crippen LogP contribution is 2.28. The van der Waals surface area contributed by atoms with Crippen LogP contribution in [0.25, 0.3) is 0 Å². The summed E-state index contributed by atoms with van der Waals surface area (Å²) in [6.45, 7) is 4.50. The minimum atomic E-state index is 0.266. The van der Waals surface area contributed by atoms with Gasteiger partial charge in [0.2, 0.25) is 0 Å². The lowest BCUT2D eigenvalue weighted by molar-refractivity contribution is 0.0887. The van der Waals surface area contributed by atoms with Gasteiger partial charge in [-0.25, -0.2) is 5.48 Å². The Morgan fingerprint density at radius 1 is 1.16 bits per heavy atom. The van der Waals surface area contributed by atoms with Gasteiger partial charge >= 0.3 is 0 Å². The van der Waals surface area contributed by atoms with Gasteiger partial charge < -0.3 is 5.21 Å². The summed E-state index contributed by atoms with van der Waals surface area (Å²) in [5, 5.41) is 9.55. The van der Waals surface area contributed by atoms with Gasteiger partial charge in [0.25, 0.3) is 0 Å². The van der Waals surface area contributed by atoms with Crippen LogP contribution in [-0.2, 0) is 0 Å². The fourth-order valence-electron chi connectivity index (χ4n) is 3.17. The molecule has 0 aromatic heterocycles. The molecule has 1 atom stereocenters. The second-order valence-corrected chi connectivity index (χ2v) is 6.09. The lowest BCUT2D eigenvalue weighted by Gasteiger charge is -2.28. The summed E-state index contributed by atoms with van der Waals surface area (Å²) < 4.78 is 0. The summed E-state index contributed by atoms with van der Waals surface area (Å²) in [6, 6.07) is 0.266. The average Bonchev–Trinajstić information content (AvgIpc) is 2.46. The second-order valence-electron chi connectivity index (χ2n) is 6.09. The van der Waals surface area contributed by atoms with Crippen molar-refractivity contribution in [3.8, 4) is 0 Å². The Kier molecular flexibility index (Phi) is 9.19. The maximum absolute atomic E-state index is 9.55. The lowest BCUT2D eigenvalue weighted by atomic mass is 9.84. The predicted molar refractivity (Wildman–Crippen MR) is 82.4 cm³/mol. The lowest BCUT2D eigenvalue weighted by Crippen LogP contribution is -2.34. The summed E-state index contributed by atoms with van der Waals surface area (Å²) >= 11 is 0. The van der Waals surface area contributed by atoms with Crippen molar-refractivity contribution in [3.05, 3.63) is 11.6 Å². The van der Waals surface area contributed by atoms with Gasteiger partial charge in [0.15, 0.2) is 0 Å². The minimum absolute atomic E-state index is 0.266. The van der Waals surface area contributed by atoms with Crippen molar-refractivity contribution in [2.45, 2.75) is 90.5 Å². The topological polar surface area (TPSA) is 32.3 Å². The molecular weight excluding hydrogens is 234 g/mol. The van der Waals surface area contributed by atoms with Gasteiger partial charge in [-0.2, -0.15) is 0 Å². The molecular formula is C17H33NO. The summed E-state index contributed by atoms with van der Waals surface area (Å²) in [4.78, 5) is 0. The van der Waals surface area contributed by atoms with Crippen LogP contribution in [0.3, 0.4) is 0 Å². The van der Waals surface area contributed by atoms with Crippen LogP contribution in [0.15, 0.2) is 11.6 Å². The molecule has 2 N–H and O–H groups in total. The molecule has 2 heteroatoms. The maximum atomic E-state index is 9.55. The Hall–Kier alpha value is -0.340. The van der Waals surface area contributed by atoms with Gasteiger partial charge in [0.05, 0.1) is 0 Å². The average molecular weight is 267 g/mol. The fraction of sp³-hybridized carbons (Fsp3) is 0.882. The summed E-state index contributed by atoms with van der Waals surface area (Å²) in [5.74, 6) is 0.632. The minimum Gasteiger partial charge on any atom is -0.317 e. The van der Waals surface area contributed by atoms with Crippen molar-refractivity contribution in [1.29, 1.82) is 0 Å². The van der Waals surface area contributed by atoms with E-state index in [1.54, 1.807) is 5.57 Å². The SMILES string of the molecule is CCCCC(CCCC)C(CC1=CCCCC1)NO. The molecule has 1 unspecified atom stereocenters. The van der Waals surface area contributed by atoms with Crippen molar-refractivity contribution < 1.29 is 5.21 Å². The molecule has 2 nitrogen and oxygen atoms in total. The molecule has 0 bridgehead atoms. The van der Waals surface area contributed by atoms with Gasteiger partial charge in [0.1, 0.15) is 0 Å². The van der Waals surface area contributed by atoms with Crippen LogP contribution in [0, 0.1) is 5.92 Å². The third-order valence-electron chi connectivity index (χ3n) is 4.46. The second kappa shape index (κ2) is 10.4. The first kappa shape index (κ1) is 16.7. The predicted octanol–water partition coefficient (Wildman–Crippen LogP) is 5.22. The van der Waals surface area contributed by atoms with Crippen LogP contribution < -0.4 is 5.48 Å². The molecule has 112 valence electrons. The van der Waals surface area contributed by atoms with Crippen LogP contribution in [0.5, 0.6) is 0 Å². The number of nitrogens with one attached hydrogen (secondary N) is 1. The van der Waals surface area contributed by atoms with Gasteiger partial charge in [-0.05, 0) is 50.9 Å². The molecule has 0 spiro atoms. The van der Waals surface area contributed by atoms with Crippen LogP contribution >= 0.6 is 0 Å². The number of hydrogen-bond donors (Lipinski definition) is 2. The summed E-state index contributed by atoms with van der Waals surface area (Å²) in [6.07, 6.45) is 16.2. The van der Waals surface area contributed by atoms with E-state index < -0.39 is 0 Å². The molecule has 0 fully saturated rings. The smallest absolute Gasteiger partial charge is 0.0384 e. The fourth-order valence-corrected chi connectivity index (χ4v) is 3.17. The Morgan fingerprint density at radius 3 is 2.32 bits per heavy atom. The third-order valence-corrected chi connectivity index (χ3v) is 4.46. The van der Waals surface area contributed by atoms with E-state index in [0.29, 0.717) is 5.92 Å². The normalized spacial score (nSPS) is 17.6. The van der Waals surface area contributed by atoms with Crippen molar-refractivity contribution >= 4 is 0 Å². The van der Waals surface area contributed by atoms with Crippen molar-refractivity contribution in [2.75, 3.05) is 0 Å². The highest BCUT2D eigenvalue weighted by molar-refractivity contribution is 5.07. The Morgan fingerprint density at radius 2 is 1.84 bits per heavy atom. The first-order chi connectivity index (χ1) is 9.31. The Labute approximate surface area is 119 Å². The zero-order valence-electron chi connectivity index (χ0n) is 13.0. The molecule has 0 radical (unpaired) electrons. The third kappa shape index (κ3) is 6.58. The number of unbranched alkanes of at least 4 members (excludes halogenated alkanes) is 2. The molecule has 0 heterocycles. The highest BCUT2D eigenvalue weighted by Gasteiger charge is 2.21. The van der Waals surface area contributed by atoms with E-state index in [1.807, 2.05) is 0 Å². The monoisotopic (exact) mass is 267 g/mol. The molecule has 0 amide bonds. The van der Waals surface area contributed by atoms with Gasteiger partial charge in [0, 0.05) is 6.04 Å². The van der Waals surface area contributed by atoms with E-state index in [2.05, 4.69) is 25.4 Å². The molecule has 0 aromatic rings. The molecule has 1 aliphatic carbocycles. The number of rotatable bonds is 10. The number of hydrogen-bond acceptors (Lipinski definition) is 2. The van der Waals surface area contributed by atoms with Crippen LogP contribution in [-0.4, -0.2) is 11.2 Å². The summed E-state index contributed by atoms with van der Waals surface area (Å²) in [7, 11) is 0. The highest BCUT2D eigenvalue weighted by atomic mass is 16.5. The van der Waals surface area contributed by atoms with Crippen LogP contribution in [0.2, 0.25) is 0 Å². The van der Waals surface area contributed by atoms with Gasteiger partial charge in [-0.3, -0.25) is 0 Å². The summed E-state index contributed by atoms with van der Waals surface area (Å²) in [5.41, 5.74) is 4.19. The van der Waals surface area contributed by atoms with Crippen molar-refractivity contribution in [2.24, 2.45) is 5.92 Å². The molecule has 1 aliphatic rings. The number of allylic oxidation sites excluding steroid dienone is 1. The van der Waals surface area contributed by atoms with E-state index in [0.717, 1.165) is 6.42 Å². The first-order valence-corrected chi connectivity index (χ1v) is 8.39. The molecule has 0 aromatic carbocycles. The molecule has 19 heavy (non-hydrogen) atoms. The molecule has 0 aliphatic heterocycles. The van der Waals surface area contributed by atoms with Crippen molar-refractivity contribution in [3.63, 3.8) is 0 Å². The molecule has 0 saturated carbocycles.